The molecule has 164 valence electrons. The van der Waals surface area contributed by atoms with E-state index in [0.717, 1.165) is 45.9 Å². The van der Waals surface area contributed by atoms with Crippen LogP contribution in [0.5, 0.6) is 0 Å². The standard InChI is InChI=1S/C24H26N6OS/c1-14-4-7-20-21(26)22(32-24(20)29-14)23(31)27-9-8-17-5-6-19(10-18(17)11-25)30-12-15(2)28-16(3)13-30/h4-7,10,16,28H,2,8-9,12-13,26H2,1,3H3,(H,27,31). The number of aromatic nitrogens is 1. The van der Waals surface area contributed by atoms with Gasteiger partial charge in [-0.25, -0.2) is 4.98 Å². The maximum atomic E-state index is 12.7. The molecular weight excluding hydrogens is 420 g/mol. The van der Waals surface area contributed by atoms with Crippen LogP contribution in [0.1, 0.15) is 33.4 Å². The first kappa shape index (κ1) is 21.7. The molecule has 0 saturated carbocycles. The van der Waals surface area contributed by atoms with Gasteiger partial charge in [0.25, 0.3) is 5.91 Å². The molecule has 1 unspecified atom stereocenters. The zero-order valence-corrected chi connectivity index (χ0v) is 19.1. The molecule has 4 N–H and O–H groups in total. The fourth-order valence-corrected chi connectivity index (χ4v) is 5.05. The summed E-state index contributed by atoms with van der Waals surface area (Å²) < 4.78 is 0. The number of aryl methyl sites for hydroxylation is 1. The lowest BCUT2D eigenvalue weighted by molar-refractivity contribution is 0.0959. The SMILES string of the molecule is C=C1CN(c2ccc(CCNC(=O)c3sc4nc(C)ccc4c3N)c(C#N)c2)CC(C)N1. The van der Waals surface area contributed by atoms with E-state index in [2.05, 4.69) is 40.1 Å². The molecule has 1 fully saturated rings. The minimum absolute atomic E-state index is 0.216. The van der Waals surface area contributed by atoms with Gasteiger partial charge in [0.1, 0.15) is 9.71 Å². The summed E-state index contributed by atoms with van der Waals surface area (Å²) >= 11 is 1.30. The number of pyridine rings is 1. The van der Waals surface area contributed by atoms with E-state index < -0.39 is 0 Å². The third-order valence-electron chi connectivity index (χ3n) is 5.52. The highest BCUT2D eigenvalue weighted by Gasteiger charge is 2.20. The molecule has 1 amide bonds. The number of piperazine rings is 1. The summed E-state index contributed by atoms with van der Waals surface area (Å²) in [5.74, 6) is -0.216. The van der Waals surface area contributed by atoms with Crippen LogP contribution < -0.4 is 21.3 Å². The van der Waals surface area contributed by atoms with Gasteiger partial charge < -0.3 is 21.3 Å². The molecule has 1 saturated heterocycles. The van der Waals surface area contributed by atoms with Gasteiger partial charge >= 0.3 is 0 Å². The highest BCUT2D eigenvalue weighted by atomic mass is 32.1. The van der Waals surface area contributed by atoms with Crippen molar-refractivity contribution in [2.75, 3.05) is 30.3 Å². The number of amides is 1. The summed E-state index contributed by atoms with van der Waals surface area (Å²) in [4.78, 5) is 20.6. The number of thiophene rings is 1. The lowest BCUT2D eigenvalue weighted by Gasteiger charge is -2.35. The molecule has 3 heterocycles. The van der Waals surface area contributed by atoms with Crippen molar-refractivity contribution >= 4 is 38.8 Å². The van der Waals surface area contributed by atoms with Gasteiger partial charge in [0.15, 0.2) is 0 Å². The van der Waals surface area contributed by atoms with E-state index in [-0.39, 0.29) is 5.91 Å². The summed E-state index contributed by atoms with van der Waals surface area (Å²) in [6, 6.07) is 12.3. The van der Waals surface area contributed by atoms with Crippen LogP contribution >= 0.6 is 11.3 Å². The largest absolute Gasteiger partial charge is 0.397 e. The number of nitriles is 1. The molecule has 2 aromatic heterocycles. The molecule has 0 spiro atoms. The van der Waals surface area contributed by atoms with Crippen LogP contribution in [0.25, 0.3) is 10.2 Å². The monoisotopic (exact) mass is 446 g/mol. The van der Waals surface area contributed by atoms with Crippen LogP contribution in [0, 0.1) is 18.3 Å². The Morgan fingerprint density at radius 2 is 2.25 bits per heavy atom. The summed E-state index contributed by atoms with van der Waals surface area (Å²) in [6.07, 6.45) is 0.557. The number of hydrogen-bond donors (Lipinski definition) is 3. The molecule has 0 radical (unpaired) electrons. The van der Waals surface area contributed by atoms with Gasteiger partial charge in [-0.1, -0.05) is 12.6 Å². The van der Waals surface area contributed by atoms with E-state index in [4.69, 9.17) is 5.73 Å². The summed E-state index contributed by atoms with van der Waals surface area (Å²) in [7, 11) is 0. The van der Waals surface area contributed by atoms with Crippen LogP contribution in [0.3, 0.4) is 0 Å². The minimum atomic E-state index is -0.216. The van der Waals surface area contributed by atoms with Gasteiger partial charge in [0.2, 0.25) is 0 Å². The Morgan fingerprint density at radius 1 is 1.44 bits per heavy atom. The second-order valence-corrected chi connectivity index (χ2v) is 9.14. The van der Waals surface area contributed by atoms with Gasteiger partial charge in [-0.2, -0.15) is 5.26 Å². The van der Waals surface area contributed by atoms with Crippen molar-refractivity contribution in [3.8, 4) is 6.07 Å². The quantitative estimate of drug-likeness (QED) is 0.555. The van der Waals surface area contributed by atoms with Crippen molar-refractivity contribution in [1.82, 2.24) is 15.6 Å². The molecule has 3 aromatic rings. The zero-order valence-electron chi connectivity index (χ0n) is 18.2. The average Bonchev–Trinajstić information content (AvgIpc) is 3.08. The molecule has 4 rings (SSSR count). The third kappa shape index (κ3) is 4.39. The molecule has 8 heteroatoms. The number of benzene rings is 1. The van der Waals surface area contributed by atoms with Crippen molar-refractivity contribution in [3.05, 3.63) is 64.3 Å². The predicted molar refractivity (Wildman–Crippen MR) is 130 cm³/mol. The lowest BCUT2D eigenvalue weighted by Crippen LogP contribution is -2.47. The van der Waals surface area contributed by atoms with E-state index in [0.29, 0.717) is 35.1 Å². The van der Waals surface area contributed by atoms with Gasteiger partial charge in [0.05, 0.1) is 23.9 Å². The molecule has 0 aliphatic carbocycles. The zero-order chi connectivity index (χ0) is 22.8. The van der Waals surface area contributed by atoms with Crippen molar-refractivity contribution in [2.45, 2.75) is 26.3 Å². The molecule has 32 heavy (non-hydrogen) atoms. The van der Waals surface area contributed by atoms with Gasteiger partial charge in [-0.15, -0.1) is 11.3 Å². The molecule has 1 aromatic carbocycles. The Labute approximate surface area is 191 Å². The number of nitrogen functional groups attached to an aromatic ring is 1. The number of fused-ring (bicyclic) bond motifs is 1. The Balaban J connectivity index is 1.43. The Hall–Kier alpha value is -3.57. The number of rotatable bonds is 5. The van der Waals surface area contributed by atoms with E-state index in [9.17, 15) is 10.1 Å². The van der Waals surface area contributed by atoms with E-state index in [1.807, 2.05) is 37.3 Å². The predicted octanol–water partition coefficient (Wildman–Crippen LogP) is 3.34. The summed E-state index contributed by atoms with van der Waals surface area (Å²) in [5.41, 5.74) is 11.0. The van der Waals surface area contributed by atoms with Crippen molar-refractivity contribution < 1.29 is 4.79 Å². The first-order valence-electron chi connectivity index (χ1n) is 10.5. The van der Waals surface area contributed by atoms with Gasteiger partial charge in [-0.3, -0.25) is 4.79 Å². The Morgan fingerprint density at radius 3 is 3.00 bits per heavy atom. The van der Waals surface area contributed by atoms with E-state index in [1.54, 1.807) is 0 Å². The van der Waals surface area contributed by atoms with Crippen LogP contribution in [-0.2, 0) is 6.42 Å². The second kappa shape index (κ2) is 8.89. The van der Waals surface area contributed by atoms with E-state index in [1.165, 1.54) is 11.3 Å². The lowest BCUT2D eigenvalue weighted by atomic mass is 10.0. The van der Waals surface area contributed by atoms with Gasteiger partial charge in [0, 0.05) is 41.6 Å². The first-order chi connectivity index (χ1) is 15.4. The third-order valence-corrected chi connectivity index (χ3v) is 6.64. The molecule has 0 bridgehead atoms. The van der Waals surface area contributed by atoms with Crippen LogP contribution in [0.15, 0.2) is 42.6 Å². The topological polar surface area (TPSA) is 107 Å². The van der Waals surface area contributed by atoms with Crippen LogP contribution in [0.4, 0.5) is 11.4 Å². The van der Waals surface area contributed by atoms with Crippen molar-refractivity contribution in [2.24, 2.45) is 0 Å². The minimum Gasteiger partial charge on any atom is -0.397 e. The molecular formula is C24H26N6OS. The molecule has 1 aliphatic heterocycles. The number of nitrogens with two attached hydrogens (primary N) is 1. The summed E-state index contributed by atoms with van der Waals surface area (Å²) in [5, 5.41) is 16.7. The normalized spacial score (nSPS) is 16.0. The molecule has 1 atom stereocenters. The smallest absolute Gasteiger partial charge is 0.263 e. The first-order valence-corrected chi connectivity index (χ1v) is 11.3. The number of nitrogens with zero attached hydrogens (tertiary/aromatic N) is 3. The number of nitrogens with one attached hydrogen (secondary N) is 2. The number of hydrogen-bond acceptors (Lipinski definition) is 7. The number of carbonyl (C=O) groups is 1. The fraction of sp³-hybridized carbons (Fsp3) is 0.292. The highest BCUT2D eigenvalue weighted by molar-refractivity contribution is 7.21. The number of carbonyl (C=O) groups excluding carboxylic acids is 1. The van der Waals surface area contributed by atoms with E-state index >= 15 is 0 Å². The molecule has 7 nitrogen and oxygen atoms in total. The maximum Gasteiger partial charge on any atom is 0.263 e. The highest BCUT2D eigenvalue weighted by Crippen LogP contribution is 2.32. The number of anilines is 2. The fourth-order valence-electron chi connectivity index (χ4n) is 3.99. The average molecular weight is 447 g/mol. The van der Waals surface area contributed by atoms with Crippen molar-refractivity contribution in [1.29, 1.82) is 5.26 Å². The Bertz CT molecular complexity index is 1240. The maximum absolute atomic E-state index is 12.7. The van der Waals surface area contributed by atoms with Crippen LogP contribution in [-0.4, -0.2) is 36.6 Å². The van der Waals surface area contributed by atoms with Gasteiger partial charge in [-0.05, 0) is 50.1 Å². The van der Waals surface area contributed by atoms with Crippen LogP contribution in [0.2, 0.25) is 0 Å². The second-order valence-electron chi connectivity index (χ2n) is 8.14. The molecule has 1 aliphatic rings. The van der Waals surface area contributed by atoms with Crippen molar-refractivity contribution in [3.63, 3.8) is 0 Å². The Kier molecular flexibility index (Phi) is 6.01. The summed E-state index contributed by atoms with van der Waals surface area (Å²) in [6.45, 7) is 10.0.